The maximum Gasteiger partial charge on any atom is 0.151 e. The SMILES string of the molecule is CS(=O)(=O)CC1CCCN(Cc2cc(-c3ccccc3)no2)C1. The van der Waals surface area contributed by atoms with Gasteiger partial charge in [-0.1, -0.05) is 35.5 Å². The molecule has 6 heteroatoms. The zero-order valence-corrected chi connectivity index (χ0v) is 14.1. The van der Waals surface area contributed by atoms with E-state index < -0.39 is 9.84 Å². The molecule has 124 valence electrons. The molecule has 1 atom stereocenters. The van der Waals surface area contributed by atoms with Crippen molar-refractivity contribution in [2.75, 3.05) is 25.1 Å². The maximum absolute atomic E-state index is 11.5. The minimum Gasteiger partial charge on any atom is -0.359 e. The Morgan fingerprint density at radius 1 is 1.30 bits per heavy atom. The van der Waals surface area contributed by atoms with Crippen LogP contribution < -0.4 is 0 Å². The first-order valence-electron chi connectivity index (χ1n) is 7.91. The van der Waals surface area contributed by atoms with Gasteiger partial charge in [0.25, 0.3) is 0 Å². The normalized spacial score (nSPS) is 19.8. The van der Waals surface area contributed by atoms with E-state index in [0.717, 1.165) is 42.9 Å². The van der Waals surface area contributed by atoms with E-state index in [1.54, 1.807) is 0 Å². The standard InChI is InChI=1S/C17H22N2O3S/c1-23(20,21)13-14-6-5-9-19(11-14)12-16-10-17(18-22-16)15-7-3-2-4-8-15/h2-4,7-8,10,14H,5-6,9,11-13H2,1H3. The van der Waals surface area contributed by atoms with Crippen molar-refractivity contribution in [2.24, 2.45) is 5.92 Å². The van der Waals surface area contributed by atoms with Gasteiger partial charge in [-0.05, 0) is 25.3 Å². The van der Waals surface area contributed by atoms with Crippen molar-refractivity contribution in [1.82, 2.24) is 10.1 Å². The second kappa shape index (κ2) is 6.84. The molecule has 0 radical (unpaired) electrons. The summed E-state index contributed by atoms with van der Waals surface area (Å²) in [6.45, 7) is 2.45. The molecule has 1 aliphatic heterocycles. The lowest BCUT2D eigenvalue weighted by molar-refractivity contribution is 0.161. The molecule has 0 aliphatic carbocycles. The topological polar surface area (TPSA) is 63.4 Å². The lowest BCUT2D eigenvalue weighted by Gasteiger charge is -2.31. The van der Waals surface area contributed by atoms with E-state index in [9.17, 15) is 8.42 Å². The number of piperidine rings is 1. The fraction of sp³-hybridized carbons (Fsp3) is 0.471. The highest BCUT2D eigenvalue weighted by Crippen LogP contribution is 2.22. The molecule has 2 aromatic rings. The molecule has 23 heavy (non-hydrogen) atoms. The molecule has 1 aromatic heterocycles. The third kappa shape index (κ3) is 4.65. The van der Waals surface area contributed by atoms with Crippen molar-refractivity contribution in [2.45, 2.75) is 19.4 Å². The van der Waals surface area contributed by atoms with Crippen LogP contribution in [0, 0.1) is 5.92 Å². The predicted octanol–water partition coefficient (Wildman–Crippen LogP) is 2.60. The number of sulfone groups is 1. The number of benzene rings is 1. The summed E-state index contributed by atoms with van der Waals surface area (Å²) in [6.07, 6.45) is 3.32. The molecule has 1 aromatic carbocycles. The number of hydrogen-bond acceptors (Lipinski definition) is 5. The molecular formula is C17H22N2O3S. The first-order valence-corrected chi connectivity index (χ1v) is 9.97. The molecule has 3 rings (SSSR count). The minimum atomic E-state index is -2.91. The van der Waals surface area contributed by atoms with E-state index in [-0.39, 0.29) is 11.7 Å². The molecule has 1 fully saturated rings. The molecule has 0 spiro atoms. The Morgan fingerprint density at radius 3 is 2.83 bits per heavy atom. The van der Waals surface area contributed by atoms with Crippen molar-refractivity contribution in [3.05, 3.63) is 42.2 Å². The van der Waals surface area contributed by atoms with Gasteiger partial charge in [0.15, 0.2) is 5.76 Å². The van der Waals surface area contributed by atoms with E-state index in [0.29, 0.717) is 6.54 Å². The van der Waals surface area contributed by atoms with Gasteiger partial charge in [0.2, 0.25) is 0 Å². The molecule has 0 saturated carbocycles. The van der Waals surface area contributed by atoms with Gasteiger partial charge < -0.3 is 4.52 Å². The average molecular weight is 334 g/mol. The number of nitrogens with zero attached hydrogens (tertiary/aromatic N) is 2. The van der Waals surface area contributed by atoms with Crippen LogP contribution in [-0.2, 0) is 16.4 Å². The maximum atomic E-state index is 11.5. The fourth-order valence-electron chi connectivity index (χ4n) is 3.21. The molecule has 2 heterocycles. The number of rotatable bonds is 5. The highest BCUT2D eigenvalue weighted by atomic mass is 32.2. The molecule has 1 saturated heterocycles. The van der Waals surface area contributed by atoms with Gasteiger partial charge in [0.1, 0.15) is 15.5 Å². The predicted molar refractivity (Wildman–Crippen MR) is 89.7 cm³/mol. The Hall–Kier alpha value is -1.66. The van der Waals surface area contributed by atoms with Crippen LogP contribution in [0.2, 0.25) is 0 Å². The Bertz CT molecular complexity index is 740. The number of aromatic nitrogens is 1. The smallest absolute Gasteiger partial charge is 0.151 e. The summed E-state index contributed by atoms with van der Waals surface area (Å²) in [6, 6.07) is 11.9. The van der Waals surface area contributed by atoms with Gasteiger partial charge in [0, 0.05) is 24.4 Å². The summed E-state index contributed by atoms with van der Waals surface area (Å²) in [5.74, 6) is 1.31. The third-order valence-corrected chi connectivity index (χ3v) is 5.23. The summed E-state index contributed by atoms with van der Waals surface area (Å²) in [5.41, 5.74) is 1.88. The minimum absolute atomic E-state index is 0.218. The van der Waals surface area contributed by atoms with Gasteiger partial charge in [0.05, 0.1) is 12.3 Å². The second-order valence-corrected chi connectivity index (χ2v) is 8.57. The van der Waals surface area contributed by atoms with Crippen molar-refractivity contribution in [3.8, 4) is 11.3 Å². The van der Waals surface area contributed by atoms with Crippen LogP contribution >= 0.6 is 0 Å². The van der Waals surface area contributed by atoms with E-state index in [1.165, 1.54) is 6.26 Å². The summed E-state index contributed by atoms with van der Waals surface area (Å²) in [4.78, 5) is 2.26. The molecule has 1 unspecified atom stereocenters. The van der Waals surface area contributed by atoms with Crippen molar-refractivity contribution >= 4 is 9.84 Å². The first-order chi connectivity index (χ1) is 11.0. The molecule has 0 N–H and O–H groups in total. The zero-order valence-electron chi connectivity index (χ0n) is 13.3. The largest absolute Gasteiger partial charge is 0.359 e. The van der Waals surface area contributed by atoms with Gasteiger partial charge in [-0.15, -0.1) is 0 Å². The quantitative estimate of drug-likeness (QED) is 0.841. The second-order valence-electron chi connectivity index (χ2n) is 6.38. The summed E-state index contributed by atoms with van der Waals surface area (Å²) in [7, 11) is -2.91. The van der Waals surface area contributed by atoms with Crippen LogP contribution in [-0.4, -0.2) is 43.6 Å². The average Bonchev–Trinajstić information content (AvgIpc) is 2.95. The number of likely N-dealkylation sites (tertiary alicyclic amines) is 1. The van der Waals surface area contributed by atoms with E-state index in [1.807, 2.05) is 36.4 Å². The lowest BCUT2D eigenvalue weighted by atomic mass is 10.00. The van der Waals surface area contributed by atoms with E-state index in [2.05, 4.69) is 10.1 Å². The van der Waals surface area contributed by atoms with Gasteiger partial charge >= 0.3 is 0 Å². The monoisotopic (exact) mass is 334 g/mol. The van der Waals surface area contributed by atoms with E-state index in [4.69, 9.17) is 4.52 Å². The van der Waals surface area contributed by atoms with Crippen LogP contribution in [0.5, 0.6) is 0 Å². The Labute approximate surface area is 137 Å². The Balaban J connectivity index is 1.62. The van der Waals surface area contributed by atoms with Crippen LogP contribution in [0.4, 0.5) is 0 Å². The van der Waals surface area contributed by atoms with Gasteiger partial charge in [-0.3, -0.25) is 4.90 Å². The Morgan fingerprint density at radius 2 is 2.09 bits per heavy atom. The van der Waals surface area contributed by atoms with Crippen molar-refractivity contribution in [1.29, 1.82) is 0 Å². The van der Waals surface area contributed by atoms with Crippen LogP contribution in [0.25, 0.3) is 11.3 Å². The Kier molecular flexibility index (Phi) is 4.82. The zero-order chi connectivity index (χ0) is 16.3. The molecule has 0 bridgehead atoms. The van der Waals surface area contributed by atoms with Crippen LogP contribution in [0.3, 0.4) is 0 Å². The highest BCUT2D eigenvalue weighted by Gasteiger charge is 2.24. The molecule has 1 aliphatic rings. The van der Waals surface area contributed by atoms with Gasteiger partial charge in [-0.2, -0.15) is 0 Å². The molecule has 0 amide bonds. The van der Waals surface area contributed by atoms with Crippen molar-refractivity contribution < 1.29 is 12.9 Å². The third-order valence-electron chi connectivity index (χ3n) is 4.15. The lowest BCUT2D eigenvalue weighted by Crippen LogP contribution is -2.37. The van der Waals surface area contributed by atoms with E-state index >= 15 is 0 Å². The molecular weight excluding hydrogens is 312 g/mol. The van der Waals surface area contributed by atoms with Gasteiger partial charge in [-0.25, -0.2) is 8.42 Å². The first kappa shape index (κ1) is 16.2. The summed E-state index contributed by atoms with van der Waals surface area (Å²) < 4.78 is 28.4. The summed E-state index contributed by atoms with van der Waals surface area (Å²) in [5, 5.41) is 4.13. The molecule has 5 nitrogen and oxygen atoms in total. The number of hydrogen-bond donors (Lipinski definition) is 0. The fourth-order valence-corrected chi connectivity index (χ4v) is 4.34. The van der Waals surface area contributed by atoms with Crippen molar-refractivity contribution in [3.63, 3.8) is 0 Å². The highest BCUT2D eigenvalue weighted by molar-refractivity contribution is 7.90. The summed E-state index contributed by atoms with van der Waals surface area (Å²) >= 11 is 0. The van der Waals surface area contributed by atoms with Crippen LogP contribution in [0.15, 0.2) is 40.9 Å². The van der Waals surface area contributed by atoms with Crippen LogP contribution in [0.1, 0.15) is 18.6 Å².